The molecule has 0 bridgehead atoms. The molecule has 0 heterocycles. The van der Waals surface area contributed by atoms with Gasteiger partial charge in [-0.25, -0.2) is 0 Å². The molecule has 26 heavy (non-hydrogen) atoms. The van der Waals surface area contributed by atoms with Gasteiger partial charge >= 0.3 is 168 Å². The van der Waals surface area contributed by atoms with Crippen molar-refractivity contribution in [2.75, 3.05) is 0 Å². The van der Waals surface area contributed by atoms with Crippen molar-refractivity contribution in [3.63, 3.8) is 0 Å². The molecule has 0 radical (unpaired) electrons. The molecule has 4 rings (SSSR count). The average Bonchev–Trinajstić information content (AvgIpc) is 3.10. The summed E-state index contributed by atoms with van der Waals surface area (Å²) in [4.78, 5) is 0. The number of benzene rings is 2. The molecule has 0 aliphatic heterocycles. The van der Waals surface area contributed by atoms with Crippen LogP contribution < -0.4 is 0 Å². The molecule has 2 atom stereocenters. The third kappa shape index (κ3) is 2.54. The van der Waals surface area contributed by atoms with Gasteiger partial charge in [0.15, 0.2) is 0 Å². The minimum atomic E-state index is -4.00. The average molecular weight is 523 g/mol. The number of hydrogen-bond acceptors (Lipinski definition) is 0. The Morgan fingerprint density at radius 1 is 0.808 bits per heavy atom. The quantitative estimate of drug-likeness (QED) is 0.354. The molecule has 0 saturated carbocycles. The summed E-state index contributed by atoms with van der Waals surface area (Å²) in [6.45, 7) is 9.43. The molecule has 0 spiro atoms. The van der Waals surface area contributed by atoms with Crippen LogP contribution in [0.5, 0.6) is 0 Å². The van der Waals surface area contributed by atoms with E-state index in [1.165, 1.54) is 33.4 Å². The summed E-state index contributed by atoms with van der Waals surface area (Å²) >= 11 is 0.470. The van der Waals surface area contributed by atoms with Gasteiger partial charge in [0.2, 0.25) is 0 Å². The number of fused-ring (bicyclic) bond motifs is 2. The van der Waals surface area contributed by atoms with Gasteiger partial charge in [0.1, 0.15) is 0 Å². The van der Waals surface area contributed by atoms with Crippen molar-refractivity contribution >= 4 is 38.3 Å². The van der Waals surface area contributed by atoms with E-state index in [4.69, 9.17) is 8.51 Å². The molecule has 2 aliphatic rings. The van der Waals surface area contributed by atoms with Crippen molar-refractivity contribution in [1.82, 2.24) is 0 Å². The van der Waals surface area contributed by atoms with E-state index < -0.39 is 19.3 Å². The van der Waals surface area contributed by atoms with Crippen LogP contribution in [0.3, 0.4) is 0 Å². The predicted molar refractivity (Wildman–Crippen MR) is 118 cm³/mol. The third-order valence-electron chi connectivity index (χ3n) is 6.30. The molecular formula is C22H24BrClSiZr. The Kier molecular flexibility index (Phi) is 4.71. The van der Waals surface area contributed by atoms with Gasteiger partial charge in [-0.15, -0.1) is 0 Å². The maximum absolute atomic E-state index is 8.08. The Morgan fingerprint density at radius 3 is 1.58 bits per heavy atom. The number of allylic oxidation sites excluding steroid dienone is 2. The fraction of sp³-hybridized carbons (Fsp3) is 0.273. The topological polar surface area (TPSA) is 0 Å². The van der Waals surface area contributed by atoms with Crippen LogP contribution in [0, 0.1) is 0 Å². The second kappa shape index (κ2) is 6.41. The normalized spacial score (nSPS) is 21.8. The summed E-state index contributed by atoms with van der Waals surface area (Å²) in [7, 11) is 8.08. The standard InChI is InChI=1S/2C10H9.C2H6Si.BrH.ClH.Zr/c2*1-8-6-9-4-2-3-5-10(9)7-8;1-3-2;;;/h2*2-7H,1H3;1-2H3;2*1H;/q;;;;;+2/p-2. The Hall–Kier alpha value is -0.210. The Morgan fingerprint density at radius 2 is 1.19 bits per heavy atom. The Balaban J connectivity index is 2.05. The molecule has 0 fully saturated rings. The molecular weight excluding hydrogens is 499 g/mol. The molecule has 2 aromatic carbocycles. The second-order valence-corrected chi connectivity index (χ2v) is 56.1. The predicted octanol–water partition coefficient (Wildman–Crippen LogP) is 7.71. The van der Waals surface area contributed by atoms with Crippen LogP contribution in [0.25, 0.3) is 12.2 Å². The van der Waals surface area contributed by atoms with Crippen LogP contribution >= 0.6 is 20.7 Å². The van der Waals surface area contributed by atoms with Gasteiger partial charge in [-0.05, 0) is 0 Å². The van der Waals surface area contributed by atoms with Gasteiger partial charge in [-0.2, -0.15) is 0 Å². The fourth-order valence-electron chi connectivity index (χ4n) is 5.11. The van der Waals surface area contributed by atoms with E-state index in [2.05, 4.69) is 99.8 Å². The monoisotopic (exact) mass is 520 g/mol. The number of rotatable bonds is 2. The molecule has 0 aromatic heterocycles. The van der Waals surface area contributed by atoms with Crippen LogP contribution in [0.1, 0.15) is 43.4 Å². The van der Waals surface area contributed by atoms with Crippen LogP contribution in [0.4, 0.5) is 0 Å². The molecule has 4 heteroatoms. The van der Waals surface area contributed by atoms with E-state index in [0.29, 0.717) is 7.25 Å². The van der Waals surface area contributed by atoms with Crippen LogP contribution in [-0.4, -0.2) is 5.43 Å². The van der Waals surface area contributed by atoms with Gasteiger partial charge in [0, 0.05) is 0 Å². The summed E-state index contributed by atoms with van der Waals surface area (Å²) in [5, 5.41) is 0. The summed E-state index contributed by atoms with van der Waals surface area (Å²) in [6, 6.07) is 17.7. The summed E-state index contributed by atoms with van der Waals surface area (Å²) in [6.07, 6.45) is 4.73. The fourth-order valence-corrected chi connectivity index (χ4v) is 39.4. The molecule has 0 nitrogen and oxygen atoms in total. The first-order chi connectivity index (χ1) is 12.2. The number of hydrogen-bond donors (Lipinski definition) is 0. The van der Waals surface area contributed by atoms with E-state index in [1.807, 2.05) is 0 Å². The minimum absolute atomic E-state index is 0.359. The van der Waals surface area contributed by atoms with Crippen LogP contribution in [0.15, 0.2) is 59.7 Å². The number of halogens is 2. The van der Waals surface area contributed by atoms with E-state index in [9.17, 15) is 0 Å². The molecule has 2 unspecified atom stereocenters. The van der Waals surface area contributed by atoms with Crippen molar-refractivity contribution in [3.05, 3.63) is 81.9 Å². The van der Waals surface area contributed by atoms with Gasteiger partial charge < -0.3 is 0 Å². The van der Waals surface area contributed by atoms with Crippen molar-refractivity contribution in [2.24, 2.45) is 0 Å². The van der Waals surface area contributed by atoms with Crippen molar-refractivity contribution in [3.8, 4) is 0 Å². The molecule has 2 aliphatic carbocycles. The molecule has 134 valence electrons. The van der Waals surface area contributed by atoms with E-state index >= 15 is 0 Å². The van der Waals surface area contributed by atoms with E-state index in [0.717, 1.165) is 0 Å². The zero-order valence-corrected chi connectivity index (χ0v) is 21.5. The summed E-state index contributed by atoms with van der Waals surface area (Å²) in [5.74, 6) is 0. The first kappa shape index (κ1) is 19.1. The van der Waals surface area contributed by atoms with Crippen LogP contribution in [0.2, 0.25) is 13.1 Å². The van der Waals surface area contributed by atoms with Gasteiger partial charge in [0.25, 0.3) is 0 Å². The third-order valence-corrected chi connectivity index (χ3v) is 63.5. The van der Waals surface area contributed by atoms with Crippen molar-refractivity contribution in [2.45, 2.75) is 34.2 Å². The van der Waals surface area contributed by atoms with Gasteiger partial charge in [0.05, 0.1) is 0 Å². The first-order valence-electron chi connectivity index (χ1n) is 9.17. The summed E-state index contributed by atoms with van der Waals surface area (Å²) < 4.78 is 0.718. The second-order valence-electron chi connectivity index (χ2n) is 8.05. The molecule has 0 amide bonds. The van der Waals surface area contributed by atoms with Crippen molar-refractivity contribution < 1.29 is 13.9 Å². The molecule has 0 saturated heterocycles. The van der Waals surface area contributed by atoms with E-state index in [1.54, 1.807) is 0 Å². The first-order valence-corrected chi connectivity index (χ1v) is 27.0. The Bertz CT molecular complexity index is 980. The zero-order valence-electron chi connectivity index (χ0n) is 15.7. The maximum atomic E-state index is 8.08. The zero-order chi connectivity index (χ0) is 18.7. The van der Waals surface area contributed by atoms with Gasteiger partial charge in [-0.3, -0.25) is 0 Å². The van der Waals surface area contributed by atoms with E-state index in [-0.39, 0.29) is 0 Å². The summed E-state index contributed by atoms with van der Waals surface area (Å²) in [5.41, 5.74) is 7.68. The van der Waals surface area contributed by atoms with Crippen molar-refractivity contribution in [1.29, 1.82) is 0 Å². The van der Waals surface area contributed by atoms with Gasteiger partial charge in [-0.1, -0.05) is 0 Å². The van der Waals surface area contributed by atoms with Crippen LogP contribution in [-0.2, 0) is 13.9 Å². The SMILES string of the molecule is CC1=Cc2ccccc2[CH]1[Zr]([Cl])([Br])([CH]1C(C)=Cc2ccccc21)=[Si](C)C. The molecule has 2 aromatic rings. The molecule has 0 N–H and O–H groups in total. The Labute approximate surface area is 167 Å².